The van der Waals surface area contributed by atoms with Crippen LogP contribution in [0.2, 0.25) is 0 Å². The summed E-state index contributed by atoms with van der Waals surface area (Å²) < 4.78 is 26.7. The van der Waals surface area contributed by atoms with Crippen LogP contribution in [0.15, 0.2) is 23.1 Å². The van der Waals surface area contributed by atoms with Gasteiger partial charge in [-0.15, -0.1) is 0 Å². The van der Waals surface area contributed by atoms with Crippen LogP contribution in [0.3, 0.4) is 0 Å². The zero-order valence-electron chi connectivity index (χ0n) is 16.0. The SMILES string of the molecule is CCNS(=O)(=O)c1ccc(C)c(C(=O)NCCCN2CCCCC2C)c1. The Kier molecular flexibility index (Phi) is 7.61. The highest BCUT2D eigenvalue weighted by molar-refractivity contribution is 7.89. The van der Waals surface area contributed by atoms with Crippen molar-refractivity contribution >= 4 is 15.9 Å². The van der Waals surface area contributed by atoms with Gasteiger partial charge in [0, 0.05) is 31.2 Å². The fourth-order valence-electron chi connectivity index (χ4n) is 3.36. The standard InChI is InChI=1S/C19H31N3O3S/c1-4-21-26(24,25)17-10-9-15(2)18(14-17)19(23)20-11-7-13-22-12-6-5-8-16(22)3/h9-10,14,16,21H,4-8,11-13H2,1-3H3,(H,20,23). The number of likely N-dealkylation sites (tertiary alicyclic amines) is 1. The molecule has 1 aromatic rings. The van der Waals surface area contributed by atoms with Crippen molar-refractivity contribution in [3.63, 3.8) is 0 Å². The number of nitrogens with one attached hydrogen (secondary N) is 2. The number of aryl methyl sites for hydroxylation is 1. The molecule has 2 rings (SSSR count). The molecular formula is C19H31N3O3S. The van der Waals surface area contributed by atoms with Gasteiger partial charge in [-0.2, -0.15) is 0 Å². The van der Waals surface area contributed by atoms with Gasteiger partial charge in [0.1, 0.15) is 0 Å². The molecule has 1 fully saturated rings. The van der Waals surface area contributed by atoms with E-state index in [0.29, 0.717) is 24.7 Å². The van der Waals surface area contributed by atoms with E-state index in [1.807, 2.05) is 6.92 Å². The highest BCUT2D eigenvalue weighted by atomic mass is 32.2. The first-order chi connectivity index (χ1) is 12.3. The Morgan fingerprint density at radius 2 is 2.08 bits per heavy atom. The molecule has 1 atom stereocenters. The average Bonchev–Trinajstić information content (AvgIpc) is 2.60. The third-order valence-electron chi connectivity index (χ3n) is 4.95. The fraction of sp³-hybridized carbons (Fsp3) is 0.632. The number of carbonyl (C=O) groups excluding carboxylic acids is 1. The Labute approximate surface area is 157 Å². The van der Waals surface area contributed by atoms with Crippen molar-refractivity contribution in [2.75, 3.05) is 26.2 Å². The molecule has 0 saturated carbocycles. The molecule has 1 aromatic carbocycles. The van der Waals surface area contributed by atoms with Gasteiger partial charge in [0.15, 0.2) is 0 Å². The van der Waals surface area contributed by atoms with Crippen LogP contribution in [-0.2, 0) is 10.0 Å². The van der Waals surface area contributed by atoms with Crippen molar-refractivity contribution in [1.82, 2.24) is 14.9 Å². The maximum Gasteiger partial charge on any atom is 0.251 e. The summed E-state index contributed by atoms with van der Waals surface area (Å²) in [5.74, 6) is -0.220. The number of sulfonamides is 1. The van der Waals surface area contributed by atoms with Gasteiger partial charge in [0.2, 0.25) is 10.0 Å². The molecule has 1 amide bonds. The highest BCUT2D eigenvalue weighted by Crippen LogP contribution is 2.17. The maximum atomic E-state index is 12.5. The summed E-state index contributed by atoms with van der Waals surface area (Å²) in [6.07, 6.45) is 4.70. The quantitative estimate of drug-likeness (QED) is 0.677. The second-order valence-corrected chi connectivity index (χ2v) is 8.74. The molecule has 6 nitrogen and oxygen atoms in total. The predicted molar refractivity (Wildman–Crippen MR) is 104 cm³/mol. The highest BCUT2D eigenvalue weighted by Gasteiger charge is 2.19. The van der Waals surface area contributed by atoms with Crippen LogP contribution < -0.4 is 10.0 Å². The molecule has 1 saturated heterocycles. The van der Waals surface area contributed by atoms with E-state index in [4.69, 9.17) is 0 Å². The molecule has 0 radical (unpaired) electrons. The third kappa shape index (κ3) is 5.53. The van der Waals surface area contributed by atoms with E-state index in [-0.39, 0.29) is 10.8 Å². The first-order valence-electron chi connectivity index (χ1n) is 9.47. The first kappa shape index (κ1) is 20.9. The van der Waals surface area contributed by atoms with Crippen LogP contribution in [-0.4, -0.2) is 51.4 Å². The topological polar surface area (TPSA) is 78.5 Å². The lowest BCUT2D eigenvalue weighted by Crippen LogP contribution is -2.39. The Balaban J connectivity index is 1.92. The van der Waals surface area contributed by atoms with Gasteiger partial charge in [0.05, 0.1) is 4.90 Å². The summed E-state index contributed by atoms with van der Waals surface area (Å²) in [6.45, 7) is 8.82. The molecule has 26 heavy (non-hydrogen) atoms. The maximum absolute atomic E-state index is 12.5. The zero-order valence-corrected chi connectivity index (χ0v) is 16.9. The van der Waals surface area contributed by atoms with Crippen LogP contribution in [0, 0.1) is 6.92 Å². The number of carbonyl (C=O) groups is 1. The van der Waals surface area contributed by atoms with Crippen LogP contribution in [0.5, 0.6) is 0 Å². The number of amides is 1. The van der Waals surface area contributed by atoms with E-state index in [1.54, 1.807) is 13.0 Å². The largest absolute Gasteiger partial charge is 0.352 e. The molecule has 0 spiro atoms. The van der Waals surface area contributed by atoms with Crippen molar-refractivity contribution in [2.45, 2.75) is 57.4 Å². The van der Waals surface area contributed by atoms with Crippen LogP contribution >= 0.6 is 0 Å². The van der Waals surface area contributed by atoms with Gasteiger partial charge in [-0.05, 0) is 57.4 Å². The lowest BCUT2D eigenvalue weighted by Gasteiger charge is -2.33. The van der Waals surface area contributed by atoms with E-state index in [9.17, 15) is 13.2 Å². The molecule has 7 heteroatoms. The molecule has 0 aliphatic carbocycles. The lowest BCUT2D eigenvalue weighted by molar-refractivity contribution is 0.0948. The van der Waals surface area contributed by atoms with Crippen LogP contribution in [0.4, 0.5) is 0 Å². The Morgan fingerprint density at radius 1 is 1.31 bits per heavy atom. The molecule has 146 valence electrons. The monoisotopic (exact) mass is 381 g/mol. The minimum atomic E-state index is -3.57. The van der Waals surface area contributed by atoms with Gasteiger partial charge in [-0.3, -0.25) is 4.79 Å². The summed E-state index contributed by atoms with van der Waals surface area (Å²) in [4.78, 5) is 15.1. The Bertz CT molecular complexity index is 719. The molecular weight excluding hydrogens is 350 g/mol. The molecule has 1 heterocycles. The van der Waals surface area contributed by atoms with Gasteiger partial charge < -0.3 is 10.2 Å². The minimum absolute atomic E-state index is 0.122. The normalized spacial score (nSPS) is 18.7. The second kappa shape index (κ2) is 9.48. The molecule has 2 N–H and O–H groups in total. The van der Waals surface area contributed by atoms with E-state index in [1.165, 1.54) is 31.4 Å². The summed E-state index contributed by atoms with van der Waals surface area (Å²) in [5, 5.41) is 2.92. The van der Waals surface area contributed by atoms with Crippen molar-refractivity contribution in [2.24, 2.45) is 0 Å². The van der Waals surface area contributed by atoms with Gasteiger partial charge in [0.25, 0.3) is 5.91 Å². The molecule has 0 aromatic heterocycles. The summed E-state index contributed by atoms with van der Waals surface area (Å²) in [7, 11) is -3.57. The molecule has 1 aliphatic rings. The fourth-order valence-corrected chi connectivity index (χ4v) is 4.42. The Morgan fingerprint density at radius 3 is 2.77 bits per heavy atom. The predicted octanol–water partition coefficient (Wildman–Crippen LogP) is 2.29. The minimum Gasteiger partial charge on any atom is -0.352 e. The van der Waals surface area contributed by atoms with Crippen molar-refractivity contribution in [3.8, 4) is 0 Å². The van der Waals surface area contributed by atoms with E-state index >= 15 is 0 Å². The second-order valence-electron chi connectivity index (χ2n) is 6.97. The smallest absolute Gasteiger partial charge is 0.251 e. The number of piperidine rings is 1. The number of hydrogen-bond acceptors (Lipinski definition) is 4. The molecule has 1 aliphatic heterocycles. The van der Waals surface area contributed by atoms with Crippen molar-refractivity contribution in [3.05, 3.63) is 29.3 Å². The lowest BCUT2D eigenvalue weighted by atomic mass is 10.0. The number of nitrogens with zero attached hydrogens (tertiary/aromatic N) is 1. The van der Waals surface area contributed by atoms with E-state index < -0.39 is 10.0 Å². The number of benzene rings is 1. The number of rotatable bonds is 8. The van der Waals surface area contributed by atoms with E-state index in [0.717, 1.165) is 25.1 Å². The van der Waals surface area contributed by atoms with Crippen LogP contribution in [0.1, 0.15) is 55.5 Å². The third-order valence-corrected chi connectivity index (χ3v) is 6.49. The van der Waals surface area contributed by atoms with E-state index in [2.05, 4.69) is 21.9 Å². The zero-order chi connectivity index (χ0) is 19.2. The summed E-state index contributed by atoms with van der Waals surface area (Å²) in [6, 6.07) is 5.28. The summed E-state index contributed by atoms with van der Waals surface area (Å²) in [5.41, 5.74) is 1.18. The van der Waals surface area contributed by atoms with Crippen LogP contribution in [0.25, 0.3) is 0 Å². The summed E-state index contributed by atoms with van der Waals surface area (Å²) >= 11 is 0. The number of hydrogen-bond donors (Lipinski definition) is 2. The first-order valence-corrected chi connectivity index (χ1v) is 11.0. The van der Waals surface area contributed by atoms with Crippen molar-refractivity contribution in [1.29, 1.82) is 0 Å². The van der Waals surface area contributed by atoms with Gasteiger partial charge >= 0.3 is 0 Å². The Hall–Kier alpha value is -1.44. The molecule has 1 unspecified atom stereocenters. The van der Waals surface area contributed by atoms with Gasteiger partial charge in [-0.1, -0.05) is 19.4 Å². The molecule has 0 bridgehead atoms. The average molecular weight is 382 g/mol. The van der Waals surface area contributed by atoms with Crippen molar-refractivity contribution < 1.29 is 13.2 Å². The van der Waals surface area contributed by atoms with Gasteiger partial charge in [-0.25, -0.2) is 13.1 Å².